The van der Waals surface area contributed by atoms with Crippen molar-refractivity contribution in [1.29, 1.82) is 0 Å². The molecular formula is C23H19F4N5O2. The fourth-order valence-electron chi connectivity index (χ4n) is 3.39. The number of carbonyl (C=O) groups excluding carboxylic acids is 1. The summed E-state index contributed by atoms with van der Waals surface area (Å²) in [6, 6.07) is 15.5. The third-order valence-electron chi connectivity index (χ3n) is 5.10. The number of rotatable bonds is 7. The highest BCUT2D eigenvalue weighted by atomic mass is 19.4. The molecule has 1 amide bonds. The van der Waals surface area contributed by atoms with Crippen LogP contribution >= 0.6 is 0 Å². The maximum atomic E-state index is 13.8. The van der Waals surface area contributed by atoms with Crippen LogP contribution in [0.25, 0.3) is 16.9 Å². The first kappa shape index (κ1) is 23.1. The molecule has 0 saturated heterocycles. The Balaban J connectivity index is 1.44. The second-order valence-corrected chi connectivity index (χ2v) is 7.55. The highest BCUT2D eigenvalue weighted by Gasteiger charge is 2.42. The molecule has 2 aromatic carbocycles. The van der Waals surface area contributed by atoms with Gasteiger partial charge in [-0.25, -0.2) is 9.07 Å². The number of aryl methyl sites for hydroxylation is 1. The van der Waals surface area contributed by atoms with Gasteiger partial charge in [0.2, 0.25) is 0 Å². The van der Waals surface area contributed by atoms with Crippen LogP contribution in [0.4, 0.5) is 17.6 Å². The van der Waals surface area contributed by atoms with E-state index in [9.17, 15) is 22.4 Å². The second kappa shape index (κ2) is 9.46. The Labute approximate surface area is 191 Å². The molecule has 0 bridgehead atoms. The van der Waals surface area contributed by atoms with Gasteiger partial charge in [0.15, 0.2) is 11.4 Å². The summed E-state index contributed by atoms with van der Waals surface area (Å²) in [7, 11) is 1.38. The van der Waals surface area contributed by atoms with Gasteiger partial charge in [0.25, 0.3) is 5.91 Å². The van der Waals surface area contributed by atoms with Crippen molar-refractivity contribution in [2.75, 3.05) is 13.6 Å². The number of amides is 1. The van der Waals surface area contributed by atoms with Gasteiger partial charge in [-0.1, -0.05) is 40.7 Å². The molecule has 4 aromatic rings. The molecule has 4 rings (SSSR count). The first-order chi connectivity index (χ1) is 16.2. The van der Waals surface area contributed by atoms with E-state index < -0.39 is 29.3 Å². The fraction of sp³-hybridized carbons (Fsp3) is 0.217. The Morgan fingerprint density at radius 3 is 2.47 bits per heavy atom. The summed E-state index contributed by atoms with van der Waals surface area (Å²) in [5.74, 6) is -0.947. The number of alkyl halides is 3. The van der Waals surface area contributed by atoms with Crippen LogP contribution in [0.1, 0.15) is 28.4 Å². The molecule has 2 heterocycles. The summed E-state index contributed by atoms with van der Waals surface area (Å²) >= 11 is 0. The number of carbonyl (C=O) groups is 1. The lowest BCUT2D eigenvalue weighted by atomic mass is 10.1. The lowest BCUT2D eigenvalue weighted by Gasteiger charge is -2.17. The Morgan fingerprint density at radius 2 is 1.79 bits per heavy atom. The number of benzene rings is 2. The molecule has 7 nitrogen and oxygen atoms in total. The maximum Gasteiger partial charge on any atom is 0.435 e. The highest BCUT2D eigenvalue weighted by Crippen LogP contribution is 2.33. The van der Waals surface area contributed by atoms with E-state index in [0.29, 0.717) is 29.0 Å². The van der Waals surface area contributed by atoms with E-state index in [-0.39, 0.29) is 12.2 Å². The summed E-state index contributed by atoms with van der Waals surface area (Å²) < 4.78 is 60.3. The normalized spacial score (nSPS) is 11.6. The topological polar surface area (TPSA) is 77.1 Å². The SMILES string of the molecule is CN(CCCc1cc(-c2ccccc2)no1)C(=O)c1nnn(-c2ccc(F)cc2)c1C(F)(F)F. The van der Waals surface area contributed by atoms with Gasteiger partial charge in [-0.2, -0.15) is 13.2 Å². The smallest absolute Gasteiger partial charge is 0.361 e. The van der Waals surface area contributed by atoms with E-state index in [1.807, 2.05) is 30.3 Å². The number of aromatic nitrogens is 4. The van der Waals surface area contributed by atoms with Gasteiger partial charge in [-0.15, -0.1) is 5.10 Å². The predicted molar refractivity (Wildman–Crippen MR) is 114 cm³/mol. The molecule has 0 atom stereocenters. The van der Waals surface area contributed by atoms with E-state index in [1.165, 1.54) is 7.05 Å². The van der Waals surface area contributed by atoms with Gasteiger partial charge in [0.05, 0.1) is 5.69 Å². The molecule has 34 heavy (non-hydrogen) atoms. The van der Waals surface area contributed by atoms with Crippen molar-refractivity contribution in [3.63, 3.8) is 0 Å². The minimum Gasteiger partial charge on any atom is -0.361 e. The van der Waals surface area contributed by atoms with Crippen LogP contribution in [0, 0.1) is 5.82 Å². The molecule has 176 valence electrons. The van der Waals surface area contributed by atoms with E-state index in [1.54, 1.807) is 6.07 Å². The zero-order valence-corrected chi connectivity index (χ0v) is 18.0. The Morgan fingerprint density at radius 1 is 1.09 bits per heavy atom. The van der Waals surface area contributed by atoms with Gasteiger partial charge in [0.1, 0.15) is 17.3 Å². The first-order valence-electron chi connectivity index (χ1n) is 10.3. The molecule has 0 saturated carbocycles. The number of halogens is 4. The van der Waals surface area contributed by atoms with Gasteiger partial charge in [-0.3, -0.25) is 4.79 Å². The van der Waals surface area contributed by atoms with Gasteiger partial charge >= 0.3 is 6.18 Å². The molecule has 0 fully saturated rings. The summed E-state index contributed by atoms with van der Waals surface area (Å²) in [5.41, 5.74) is -0.646. The zero-order valence-electron chi connectivity index (χ0n) is 18.0. The molecule has 0 aliphatic heterocycles. The van der Waals surface area contributed by atoms with E-state index in [4.69, 9.17) is 4.52 Å². The molecule has 0 N–H and O–H groups in total. The molecule has 0 aliphatic carbocycles. The van der Waals surface area contributed by atoms with Crippen molar-refractivity contribution in [2.45, 2.75) is 19.0 Å². The molecule has 0 radical (unpaired) electrons. The van der Waals surface area contributed by atoms with Crippen LogP contribution in [0.3, 0.4) is 0 Å². The number of hydrogen-bond donors (Lipinski definition) is 0. The van der Waals surface area contributed by atoms with Crippen molar-refractivity contribution in [3.05, 3.63) is 83.6 Å². The third kappa shape index (κ3) is 4.98. The first-order valence-corrected chi connectivity index (χ1v) is 10.3. The lowest BCUT2D eigenvalue weighted by Crippen LogP contribution is -2.30. The van der Waals surface area contributed by atoms with E-state index in [0.717, 1.165) is 34.7 Å². The van der Waals surface area contributed by atoms with Crippen molar-refractivity contribution < 1.29 is 26.9 Å². The summed E-state index contributed by atoms with van der Waals surface area (Å²) in [6.45, 7) is 0.154. The Hall–Kier alpha value is -4.02. The number of hydrogen-bond acceptors (Lipinski definition) is 5. The van der Waals surface area contributed by atoms with Crippen molar-refractivity contribution >= 4 is 5.91 Å². The van der Waals surface area contributed by atoms with Crippen LogP contribution in [-0.2, 0) is 12.6 Å². The third-order valence-corrected chi connectivity index (χ3v) is 5.10. The average molecular weight is 473 g/mol. The minimum atomic E-state index is -4.91. The molecular weight excluding hydrogens is 454 g/mol. The standard InChI is InChI=1S/C23H19F4N5O2/c1-31(13-5-8-18-14-19(29-34-18)15-6-3-2-4-7-15)22(33)20-21(23(25,26)27)32(30-28-20)17-11-9-16(24)10-12-17/h2-4,6-7,9-12,14H,5,8,13H2,1H3. The van der Waals surface area contributed by atoms with Gasteiger partial charge in [0, 0.05) is 31.6 Å². The molecule has 11 heteroatoms. The summed E-state index contributed by atoms with van der Waals surface area (Å²) in [4.78, 5) is 13.9. The van der Waals surface area contributed by atoms with Crippen molar-refractivity contribution in [3.8, 4) is 16.9 Å². The predicted octanol–water partition coefficient (Wildman–Crippen LogP) is 4.79. The van der Waals surface area contributed by atoms with Gasteiger partial charge < -0.3 is 9.42 Å². The molecule has 0 spiro atoms. The lowest BCUT2D eigenvalue weighted by molar-refractivity contribution is -0.143. The quantitative estimate of drug-likeness (QED) is 0.361. The van der Waals surface area contributed by atoms with Gasteiger partial charge in [-0.05, 0) is 30.7 Å². The Kier molecular flexibility index (Phi) is 6.44. The second-order valence-electron chi connectivity index (χ2n) is 7.55. The van der Waals surface area contributed by atoms with Crippen molar-refractivity contribution in [1.82, 2.24) is 25.1 Å². The van der Waals surface area contributed by atoms with Crippen LogP contribution in [0.5, 0.6) is 0 Å². The fourth-order valence-corrected chi connectivity index (χ4v) is 3.39. The zero-order chi connectivity index (χ0) is 24.3. The Bertz CT molecular complexity index is 1270. The minimum absolute atomic E-state index is 0.0672. The average Bonchev–Trinajstić information content (AvgIpc) is 3.47. The molecule has 0 unspecified atom stereocenters. The maximum absolute atomic E-state index is 13.8. The highest BCUT2D eigenvalue weighted by molar-refractivity contribution is 5.93. The summed E-state index contributed by atoms with van der Waals surface area (Å²) in [5, 5.41) is 11.0. The van der Waals surface area contributed by atoms with E-state index >= 15 is 0 Å². The van der Waals surface area contributed by atoms with Crippen LogP contribution in [0.15, 0.2) is 65.2 Å². The molecule has 0 aliphatic rings. The number of nitrogens with zero attached hydrogens (tertiary/aromatic N) is 5. The molecule has 2 aromatic heterocycles. The van der Waals surface area contributed by atoms with Crippen LogP contribution in [-0.4, -0.2) is 44.6 Å². The van der Waals surface area contributed by atoms with E-state index in [2.05, 4.69) is 15.5 Å². The van der Waals surface area contributed by atoms with Crippen LogP contribution < -0.4 is 0 Å². The van der Waals surface area contributed by atoms with Crippen LogP contribution in [0.2, 0.25) is 0 Å². The summed E-state index contributed by atoms with van der Waals surface area (Å²) in [6.07, 6.45) is -4.04. The monoisotopic (exact) mass is 473 g/mol. The largest absolute Gasteiger partial charge is 0.435 e. The van der Waals surface area contributed by atoms with Crippen molar-refractivity contribution in [2.24, 2.45) is 0 Å².